The lowest BCUT2D eigenvalue weighted by Gasteiger charge is -2.28. The first-order valence-corrected chi connectivity index (χ1v) is 8.50. The monoisotopic (exact) mass is 308 g/mol. The van der Waals surface area contributed by atoms with Crippen molar-refractivity contribution in [3.8, 4) is 11.8 Å². The highest BCUT2D eigenvalue weighted by molar-refractivity contribution is 7.89. The largest absolute Gasteiger partial charge is 0.391 e. The second kappa shape index (κ2) is 7.05. The van der Waals surface area contributed by atoms with Crippen molar-refractivity contribution in [3.63, 3.8) is 0 Å². The van der Waals surface area contributed by atoms with Crippen LogP contribution in [-0.2, 0) is 10.0 Å². The number of hydrogen-bond acceptors (Lipinski definition) is 4. The third kappa shape index (κ3) is 4.29. The van der Waals surface area contributed by atoms with E-state index in [0.29, 0.717) is 18.4 Å². The van der Waals surface area contributed by atoms with Crippen LogP contribution in [0, 0.1) is 11.8 Å². The van der Waals surface area contributed by atoms with Crippen LogP contribution >= 0.6 is 0 Å². The van der Waals surface area contributed by atoms with Gasteiger partial charge in [0.1, 0.15) is 0 Å². The van der Waals surface area contributed by atoms with Crippen LogP contribution in [0.5, 0.6) is 0 Å². The molecule has 0 amide bonds. The maximum absolute atomic E-state index is 12.4. The minimum absolute atomic E-state index is 0.157. The first-order valence-electron chi connectivity index (χ1n) is 7.02. The molecule has 1 aliphatic rings. The molecule has 0 spiro atoms. The van der Waals surface area contributed by atoms with Crippen molar-refractivity contribution < 1.29 is 13.5 Å². The normalized spacial score (nSPS) is 22.4. The molecule has 1 fully saturated rings. The number of nitrogens with two attached hydrogens (primary N) is 1. The Balaban J connectivity index is 2.19. The molecule has 2 rings (SSSR count). The molecule has 1 aliphatic carbocycles. The molecule has 114 valence electrons. The van der Waals surface area contributed by atoms with Gasteiger partial charge in [0.25, 0.3) is 0 Å². The third-order valence-corrected chi connectivity index (χ3v) is 5.00. The molecule has 0 saturated heterocycles. The van der Waals surface area contributed by atoms with Crippen LogP contribution in [-0.4, -0.2) is 32.2 Å². The fourth-order valence-corrected chi connectivity index (χ4v) is 3.76. The van der Waals surface area contributed by atoms with Crippen molar-refractivity contribution in [2.24, 2.45) is 5.73 Å². The highest BCUT2D eigenvalue weighted by Crippen LogP contribution is 2.21. The molecule has 21 heavy (non-hydrogen) atoms. The van der Waals surface area contributed by atoms with E-state index >= 15 is 0 Å². The van der Waals surface area contributed by atoms with Crippen molar-refractivity contribution in [1.82, 2.24) is 4.72 Å². The molecule has 0 aliphatic heterocycles. The Morgan fingerprint density at radius 3 is 2.81 bits per heavy atom. The van der Waals surface area contributed by atoms with Gasteiger partial charge >= 0.3 is 0 Å². The van der Waals surface area contributed by atoms with Crippen LogP contribution < -0.4 is 10.5 Å². The average Bonchev–Trinajstić information content (AvgIpc) is 2.48. The lowest BCUT2D eigenvalue weighted by molar-refractivity contribution is 0.101. The predicted octanol–water partition coefficient (Wildman–Crippen LogP) is 0.579. The number of rotatable bonds is 3. The minimum Gasteiger partial charge on any atom is -0.391 e. The van der Waals surface area contributed by atoms with Gasteiger partial charge in [0.05, 0.1) is 17.5 Å². The molecule has 6 heteroatoms. The summed E-state index contributed by atoms with van der Waals surface area (Å²) in [6.07, 6.45) is 2.53. The van der Waals surface area contributed by atoms with E-state index in [4.69, 9.17) is 5.73 Å². The van der Waals surface area contributed by atoms with Crippen molar-refractivity contribution in [1.29, 1.82) is 0 Å². The van der Waals surface area contributed by atoms with Crippen LogP contribution in [0.4, 0.5) is 0 Å². The molecule has 5 nitrogen and oxygen atoms in total. The second-order valence-corrected chi connectivity index (χ2v) is 6.83. The van der Waals surface area contributed by atoms with Crippen LogP contribution in [0.15, 0.2) is 29.2 Å². The molecule has 0 radical (unpaired) electrons. The number of aliphatic hydroxyl groups is 1. The number of nitrogens with one attached hydrogen (secondary N) is 1. The summed E-state index contributed by atoms with van der Waals surface area (Å²) in [5, 5.41) is 9.89. The van der Waals surface area contributed by atoms with E-state index in [-0.39, 0.29) is 11.4 Å². The quantitative estimate of drug-likeness (QED) is 0.712. The number of aliphatic hydroxyl groups excluding tert-OH is 1. The highest BCUT2D eigenvalue weighted by Gasteiger charge is 2.28. The molecule has 4 N–H and O–H groups in total. The SMILES string of the molecule is NCC#Cc1cccc(S(=O)(=O)NC2CCCCC2O)c1. The van der Waals surface area contributed by atoms with Crippen molar-refractivity contribution in [2.75, 3.05) is 6.54 Å². The maximum Gasteiger partial charge on any atom is 0.240 e. The molecular formula is C15H20N2O3S. The van der Waals surface area contributed by atoms with E-state index in [9.17, 15) is 13.5 Å². The summed E-state index contributed by atoms with van der Waals surface area (Å²) in [7, 11) is -3.65. The second-order valence-electron chi connectivity index (χ2n) is 5.11. The van der Waals surface area contributed by atoms with Gasteiger partial charge in [-0.2, -0.15) is 0 Å². The van der Waals surface area contributed by atoms with Crippen molar-refractivity contribution in [2.45, 2.75) is 42.7 Å². The Bertz CT molecular complexity index is 646. The first-order chi connectivity index (χ1) is 10.0. The predicted molar refractivity (Wildman–Crippen MR) is 81.0 cm³/mol. The van der Waals surface area contributed by atoms with Crippen molar-refractivity contribution in [3.05, 3.63) is 29.8 Å². The average molecular weight is 308 g/mol. The summed E-state index contributed by atoms with van der Waals surface area (Å²) >= 11 is 0. The van der Waals surface area contributed by atoms with Gasteiger partial charge < -0.3 is 10.8 Å². The van der Waals surface area contributed by atoms with E-state index in [2.05, 4.69) is 16.6 Å². The summed E-state index contributed by atoms with van der Waals surface area (Å²) < 4.78 is 27.3. The Morgan fingerprint density at radius 2 is 2.10 bits per heavy atom. The van der Waals surface area contributed by atoms with Crippen LogP contribution in [0.3, 0.4) is 0 Å². The van der Waals surface area contributed by atoms with Gasteiger partial charge in [0.2, 0.25) is 10.0 Å². The van der Waals surface area contributed by atoms with Gasteiger partial charge in [0, 0.05) is 11.6 Å². The summed E-state index contributed by atoms with van der Waals surface area (Å²) in [5.74, 6) is 5.51. The zero-order valence-electron chi connectivity index (χ0n) is 11.7. The Hall–Kier alpha value is -1.39. The fraction of sp³-hybridized carbons (Fsp3) is 0.467. The van der Waals surface area contributed by atoms with Gasteiger partial charge in [-0.05, 0) is 31.0 Å². The van der Waals surface area contributed by atoms with Gasteiger partial charge in [-0.25, -0.2) is 13.1 Å². The zero-order valence-corrected chi connectivity index (χ0v) is 12.6. The van der Waals surface area contributed by atoms with E-state index in [1.165, 1.54) is 12.1 Å². The zero-order chi connectivity index (χ0) is 15.3. The van der Waals surface area contributed by atoms with Crippen LogP contribution in [0.1, 0.15) is 31.2 Å². The molecule has 1 saturated carbocycles. The third-order valence-electron chi connectivity index (χ3n) is 3.52. The molecule has 0 heterocycles. The Labute approximate surface area is 125 Å². The lowest BCUT2D eigenvalue weighted by atomic mass is 9.93. The molecule has 2 atom stereocenters. The van der Waals surface area contributed by atoms with E-state index in [0.717, 1.165) is 12.8 Å². The molecule has 0 bridgehead atoms. The topological polar surface area (TPSA) is 92.4 Å². The van der Waals surface area contributed by atoms with E-state index < -0.39 is 22.2 Å². The lowest BCUT2D eigenvalue weighted by Crippen LogP contribution is -2.44. The van der Waals surface area contributed by atoms with Crippen molar-refractivity contribution >= 4 is 10.0 Å². The van der Waals surface area contributed by atoms with Gasteiger partial charge in [-0.3, -0.25) is 0 Å². The number of hydrogen-bond donors (Lipinski definition) is 3. The Kier molecular flexibility index (Phi) is 5.37. The number of sulfonamides is 1. The molecule has 2 unspecified atom stereocenters. The number of benzene rings is 1. The molecule has 0 aromatic heterocycles. The first kappa shape index (κ1) is 16.0. The molecule has 1 aromatic rings. The van der Waals surface area contributed by atoms with E-state index in [1.54, 1.807) is 12.1 Å². The highest BCUT2D eigenvalue weighted by atomic mass is 32.2. The van der Waals surface area contributed by atoms with Gasteiger partial charge in [-0.15, -0.1) is 0 Å². The van der Waals surface area contributed by atoms with E-state index in [1.807, 2.05) is 0 Å². The smallest absolute Gasteiger partial charge is 0.240 e. The fourth-order valence-electron chi connectivity index (χ4n) is 2.41. The summed E-state index contributed by atoms with van der Waals surface area (Å²) in [6, 6.07) is 6.00. The summed E-state index contributed by atoms with van der Waals surface area (Å²) in [4.78, 5) is 0.157. The van der Waals surface area contributed by atoms with Crippen LogP contribution in [0.2, 0.25) is 0 Å². The maximum atomic E-state index is 12.4. The molecular weight excluding hydrogens is 288 g/mol. The Morgan fingerprint density at radius 1 is 1.33 bits per heavy atom. The molecule has 1 aromatic carbocycles. The van der Waals surface area contributed by atoms with Gasteiger partial charge in [-0.1, -0.05) is 30.7 Å². The van der Waals surface area contributed by atoms with Gasteiger partial charge in [0.15, 0.2) is 0 Å². The minimum atomic E-state index is -3.65. The standard InChI is InChI=1S/C15H20N2O3S/c16-10-4-6-12-5-3-7-13(11-12)21(19,20)17-14-8-1-2-9-15(14)18/h3,5,7,11,14-15,17-18H,1-2,8-10,16H2. The summed E-state index contributed by atoms with van der Waals surface area (Å²) in [5.41, 5.74) is 5.91. The van der Waals surface area contributed by atoms with Crippen LogP contribution in [0.25, 0.3) is 0 Å². The summed E-state index contributed by atoms with van der Waals surface area (Å²) in [6.45, 7) is 0.226.